The summed E-state index contributed by atoms with van der Waals surface area (Å²) in [6.45, 7) is 8.75. The first-order valence-electron chi connectivity index (χ1n) is 10.8. The molecule has 1 aliphatic rings. The highest BCUT2D eigenvalue weighted by molar-refractivity contribution is 6.01. The van der Waals surface area contributed by atoms with E-state index in [1.807, 2.05) is 18.2 Å². The molecule has 2 aromatic carbocycles. The van der Waals surface area contributed by atoms with Crippen molar-refractivity contribution in [1.82, 2.24) is 14.5 Å². The molecule has 1 aromatic heterocycles. The molecule has 0 atom stereocenters. The molecule has 1 saturated heterocycles. The Labute approximate surface area is 189 Å². The van der Waals surface area contributed by atoms with Crippen LogP contribution in [0, 0.1) is 5.41 Å². The summed E-state index contributed by atoms with van der Waals surface area (Å²) in [4.78, 5) is 9.62. The van der Waals surface area contributed by atoms with Gasteiger partial charge in [0, 0.05) is 44.5 Å². The van der Waals surface area contributed by atoms with E-state index in [2.05, 4.69) is 77.3 Å². The van der Waals surface area contributed by atoms with Gasteiger partial charge in [-0.3, -0.25) is 22.0 Å². The second-order valence-electron chi connectivity index (χ2n) is 8.25. The predicted octanol–water partition coefficient (Wildman–Crippen LogP) is 2.42. The van der Waals surface area contributed by atoms with Crippen molar-refractivity contribution in [2.45, 2.75) is 20.4 Å². The van der Waals surface area contributed by atoms with Crippen molar-refractivity contribution in [2.24, 2.45) is 24.5 Å². The molecule has 0 radical (unpaired) electrons. The number of imidazole rings is 1. The van der Waals surface area contributed by atoms with Crippen molar-refractivity contribution in [3.05, 3.63) is 65.0 Å². The van der Waals surface area contributed by atoms with E-state index in [1.54, 1.807) is 0 Å². The van der Waals surface area contributed by atoms with Crippen molar-refractivity contribution >= 4 is 28.6 Å². The van der Waals surface area contributed by atoms with Gasteiger partial charge in [0.15, 0.2) is 0 Å². The minimum Gasteiger partial charge on any atom is -0.384 e. The second-order valence-corrected chi connectivity index (χ2v) is 8.25. The highest BCUT2D eigenvalue weighted by Crippen LogP contribution is 2.25. The highest BCUT2D eigenvalue weighted by atomic mass is 15.3. The number of allylic oxidation sites excluding steroid dienone is 1. The lowest BCUT2D eigenvalue weighted by Crippen LogP contribution is -2.46. The van der Waals surface area contributed by atoms with Gasteiger partial charge in [0.05, 0.1) is 17.6 Å². The monoisotopic (exact) mass is 434 g/mol. The van der Waals surface area contributed by atoms with Crippen LogP contribution in [-0.2, 0) is 13.6 Å². The Kier molecular flexibility index (Phi) is 7.63. The number of hydrazine groups is 1. The topological polar surface area (TPSA) is 126 Å². The quantitative estimate of drug-likeness (QED) is 0.211. The standard InChI is InChI=1S/C24H30N6.H4N2/c1-17(2)14-18-8-9-19(24(25)26)22(15-18)30-12-10-29(11-13-30)16-23-27-20-6-4-5-7-21(20)28(23)3;1-2/h4-9,14-15H,10-13,16H2,1-3H3,(H3,25,26);1-2H2. The number of benzene rings is 2. The molecule has 4 rings (SSSR count). The van der Waals surface area contributed by atoms with Crippen molar-refractivity contribution in [1.29, 1.82) is 5.41 Å². The van der Waals surface area contributed by atoms with Crippen molar-refractivity contribution in [3.8, 4) is 0 Å². The molecule has 2 heterocycles. The molecular formula is C24H34N8. The molecule has 0 saturated carbocycles. The summed E-state index contributed by atoms with van der Waals surface area (Å²) in [5.41, 5.74) is 12.4. The molecule has 0 bridgehead atoms. The van der Waals surface area contributed by atoms with Crippen LogP contribution in [0.1, 0.15) is 30.8 Å². The van der Waals surface area contributed by atoms with Crippen LogP contribution < -0.4 is 22.3 Å². The zero-order valence-electron chi connectivity index (χ0n) is 19.2. The fraction of sp³-hybridized carbons (Fsp3) is 0.333. The number of aryl methyl sites for hydroxylation is 1. The van der Waals surface area contributed by atoms with E-state index in [4.69, 9.17) is 16.1 Å². The normalized spacial score (nSPS) is 14.1. The summed E-state index contributed by atoms with van der Waals surface area (Å²) in [5, 5.41) is 7.99. The summed E-state index contributed by atoms with van der Waals surface area (Å²) >= 11 is 0. The Hall–Kier alpha value is -3.20. The van der Waals surface area contributed by atoms with Crippen LogP contribution in [0.3, 0.4) is 0 Å². The maximum absolute atomic E-state index is 7.99. The number of para-hydroxylation sites is 2. The van der Waals surface area contributed by atoms with Gasteiger partial charge < -0.3 is 15.2 Å². The summed E-state index contributed by atoms with van der Waals surface area (Å²) in [6, 6.07) is 14.4. The number of nitrogens with two attached hydrogens (primary N) is 3. The summed E-state index contributed by atoms with van der Waals surface area (Å²) in [5.74, 6) is 9.22. The largest absolute Gasteiger partial charge is 0.384 e. The number of anilines is 1. The minimum absolute atomic E-state index is 0.121. The van der Waals surface area contributed by atoms with E-state index in [0.29, 0.717) is 0 Å². The number of nitrogen functional groups attached to an aromatic ring is 1. The van der Waals surface area contributed by atoms with Crippen LogP contribution in [0.5, 0.6) is 0 Å². The number of aromatic nitrogens is 2. The van der Waals surface area contributed by atoms with Gasteiger partial charge in [-0.05, 0) is 43.7 Å². The zero-order valence-corrected chi connectivity index (χ0v) is 19.2. The number of amidine groups is 1. The lowest BCUT2D eigenvalue weighted by Gasteiger charge is -2.36. The maximum atomic E-state index is 7.99. The van der Waals surface area contributed by atoms with E-state index in [9.17, 15) is 0 Å². The molecule has 8 nitrogen and oxygen atoms in total. The van der Waals surface area contributed by atoms with E-state index in [1.165, 1.54) is 11.1 Å². The van der Waals surface area contributed by atoms with Gasteiger partial charge in [-0.25, -0.2) is 4.98 Å². The summed E-state index contributed by atoms with van der Waals surface area (Å²) < 4.78 is 2.19. The Bertz CT molecular complexity index is 1100. The van der Waals surface area contributed by atoms with E-state index in [-0.39, 0.29) is 5.84 Å². The van der Waals surface area contributed by atoms with Crippen LogP contribution in [0.25, 0.3) is 17.1 Å². The first-order valence-corrected chi connectivity index (χ1v) is 10.8. The van der Waals surface area contributed by atoms with Gasteiger partial charge in [-0.1, -0.05) is 29.8 Å². The highest BCUT2D eigenvalue weighted by Gasteiger charge is 2.22. The molecule has 7 N–H and O–H groups in total. The number of rotatable bonds is 5. The fourth-order valence-corrected chi connectivity index (χ4v) is 4.14. The Morgan fingerprint density at radius 2 is 1.75 bits per heavy atom. The van der Waals surface area contributed by atoms with Gasteiger partial charge in [0.25, 0.3) is 0 Å². The van der Waals surface area contributed by atoms with E-state index in [0.717, 1.165) is 60.9 Å². The Morgan fingerprint density at radius 3 is 2.38 bits per heavy atom. The number of fused-ring (bicyclic) bond motifs is 1. The number of hydrogen-bond donors (Lipinski definition) is 4. The second kappa shape index (κ2) is 10.4. The smallest absolute Gasteiger partial charge is 0.124 e. The van der Waals surface area contributed by atoms with E-state index >= 15 is 0 Å². The van der Waals surface area contributed by atoms with Gasteiger partial charge in [0.2, 0.25) is 0 Å². The van der Waals surface area contributed by atoms with Crippen LogP contribution in [0.4, 0.5) is 5.69 Å². The molecule has 1 fully saturated rings. The van der Waals surface area contributed by atoms with Crippen molar-refractivity contribution < 1.29 is 0 Å². The Morgan fingerprint density at radius 1 is 1.06 bits per heavy atom. The molecule has 0 aliphatic carbocycles. The molecule has 170 valence electrons. The van der Waals surface area contributed by atoms with Crippen LogP contribution >= 0.6 is 0 Å². The van der Waals surface area contributed by atoms with E-state index < -0.39 is 0 Å². The SMILES string of the molecule is CC(C)=Cc1ccc(C(=N)N)c(N2CCN(Cc3nc4ccccc4n3C)CC2)c1.NN. The number of piperazine rings is 1. The molecule has 1 aliphatic heterocycles. The third kappa shape index (κ3) is 5.16. The summed E-state index contributed by atoms with van der Waals surface area (Å²) in [7, 11) is 2.09. The predicted molar refractivity (Wildman–Crippen MR) is 133 cm³/mol. The lowest BCUT2D eigenvalue weighted by atomic mass is 10.0. The third-order valence-electron chi connectivity index (χ3n) is 5.73. The first kappa shape index (κ1) is 23.5. The minimum atomic E-state index is 0.121. The van der Waals surface area contributed by atoms with Crippen LogP contribution in [0.2, 0.25) is 0 Å². The fourth-order valence-electron chi connectivity index (χ4n) is 4.14. The third-order valence-corrected chi connectivity index (χ3v) is 5.73. The molecular weight excluding hydrogens is 400 g/mol. The molecule has 0 amide bonds. The molecule has 3 aromatic rings. The lowest BCUT2D eigenvalue weighted by molar-refractivity contribution is 0.242. The van der Waals surface area contributed by atoms with Crippen LogP contribution in [0.15, 0.2) is 48.0 Å². The van der Waals surface area contributed by atoms with Gasteiger partial charge in [-0.15, -0.1) is 0 Å². The van der Waals surface area contributed by atoms with Gasteiger partial charge in [0.1, 0.15) is 11.7 Å². The summed E-state index contributed by atoms with van der Waals surface area (Å²) in [6.07, 6.45) is 2.16. The molecule has 0 spiro atoms. The maximum Gasteiger partial charge on any atom is 0.124 e. The van der Waals surface area contributed by atoms with Crippen molar-refractivity contribution in [2.75, 3.05) is 31.1 Å². The first-order chi connectivity index (χ1) is 15.4. The Balaban J connectivity index is 0.00000141. The van der Waals surface area contributed by atoms with Crippen molar-refractivity contribution in [3.63, 3.8) is 0 Å². The number of nitrogens with zero attached hydrogens (tertiary/aromatic N) is 4. The molecule has 32 heavy (non-hydrogen) atoms. The average molecular weight is 435 g/mol. The average Bonchev–Trinajstić information content (AvgIpc) is 3.10. The molecule has 0 unspecified atom stereocenters. The number of nitrogens with one attached hydrogen (secondary N) is 1. The van der Waals surface area contributed by atoms with Crippen LogP contribution in [-0.4, -0.2) is 46.5 Å². The van der Waals surface area contributed by atoms with Gasteiger partial charge in [-0.2, -0.15) is 0 Å². The molecule has 8 heteroatoms. The number of hydrogen-bond acceptors (Lipinski definition) is 6. The zero-order chi connectivity index (χ0) is 23.3. The van der Waals surface area contributed by atoms with Gasteiger partial charge >= 0.3 is 0 Å².